The molecule has 1 unspecified atom stereocenters. The first kappa shape index (κ1) is 23.6. The minimum Gasteiger partial charge on any atom is -0.492 e. The van der Waals surface area contributed by atoms with E-state index in [1.54, 1.807) is 30.0 Å². The van der Waals surface area contributed by atoms with E-state index in [1.807, 2.05) is 37.3 Å². The number of carboxylic acids is 1. The third-order valence-electron chi connectivity index (χ3n) is 5.25. The van der Waals surface area contributed by atoms with E-state index in [0.717, 1.165) is 24.0 Å². The molecule has 0 aromatic heterocycles. The number of aliphatic carboxylic acids is 1. The summed E-state index contributed by atoms with van der Waals surface area (Å²) in [6.45, 7) is 5.51. The molecule has 0 radical (unpaired) electrons. The first-order chi connectivity index (χ1) is 15.4. The van der Waals surface area contributed by atoms with E-state index in [9.17, 15) is 14.7 Å². The summed E-state index contributed by atoms with van der Waals surface area (Å²) < 4.78 is 16.6. The quantitative estimate of drug-likeness (QED) is 0.528. The molecule has 2 aromatic carbocycles. The van der Waals surface area contributed by atoms with Gasteiger partial charge in [0.05, 0.1) is 6.54 Å². The summed E-state index contributed by atoms with van der Waals surface area (Å²) in [6.07, 6.45) is 1.34. The maximum Gasteiger partial charge on any atom is 0.415 e. The molecule has 1 amide bonds. The summed E-state index contributed by atoms with van der Waals surface area (Å²) in [5.41, 5.74) is 1.89. The highest BCUT2D eigenvalue weighted by Crippen LogP contribution is 2.30. The number of amides is 1. The molecular formula is C25H31NO6. The Morgan fingerprint density at radius 1 is 1.12 bits per heavy atom. The van der Waals surface area contributed by atoms with Crippen LogP contribution in [0.1, 0.15) is 30.9 Å². The molecule has 1 N–H and O–H groups in total. The maximum atomic E-state index is 12.7. The maximum absolute atomic E-state index is 12.7. The predicted molar refractivity (Wildman–Crippen MR) is 120 cm³/mol. The zero-order valence-corrected chi connectivity index (χ0v) is 18.7. The largest absolute Gasteiger partial charge is 0.492 e. The molecule has 172 valence electrons. The van der Waals surface area contributed by atoms with Gasteiger partial charge in [-0.25, -0.2) is 9.59 Å². The number of rotatable bonds is 12. The van der Waals surface area contributed by atoms with Crippen molar-refractivity contribution in [2.24, 2.45) is 5.92 Å². The smallest absolute Gasteiger partial charge is 0.415 e. The highest BCUT2D eigenvalue weighted by molar-refractivity contribution is 5.72. The van der Waals surface area contributed by atoms with Gasteiger partial charge in [-0.1, -0.05) is 24.3 Å². The van der Waals surface area contributed by atoms with Crippen molar-refractivity contribution in [3.8, 4) is 11.5 Å². The summed E-state index contributed by atoms with van der Waals surface area (Å²) in [5, 5.41) is 9.21. The molecule has 1 aliphatic rings. The van der Waals surface area contributed by atoms with Crippen molar-refractivity contribution in [2.45, 2.75) is 39.2 Å². The van der Waals surface area contributed by atoms with Gasteiger partial charge in [0.15, 0.2) is 6.10 Å². The number of ether oxygens (including phenoxy) is 3. The van der Waals surface area contributed by atoms with E-state index in [4.69, 9.17) is 14.2 Å². The molecule has 1 aliphatic carbocycles. The number of carbonyl (C=O) groups excluding carboxylic acids is 1. The predicted octanol–water partition coefficient (Wildman–Crippen LogP) is 4.32. The molecule has 0 bridgehead atoms. The van der Waals surface area contributed by atoms with Crippen LogP contribution in [0.5, 0.6) is 11.5 Å². The van der Waals surface area contributed by atoms with E-state index < -0.39 is 12.1 Å². The monoisotopic (exact) mass is 441 g/mol. The minimum absolute atomic E-state index is 0.295. The van der Waals surface area contributed by atoms with Crippen molar-refractivity contribution in [1.82, 2.24) is 4.90 Å². The van der Waals surface area contributed by atoms with Crippen LogP contribution in [0.4, 0.5) is 4.79 Å². The van der Waals surface area contributed by atoms with Gasteiger partial charge < -0.3 is 24.2 Å². The van der Waals surface area contributed by atoms with Crippen molar-refractivity contribution in [3.05, 3.63) is 59.7 Å². The Balaban J connectivity index is 1.50. The molecule has 0 heterocycles. The molecule has 7 nitrogen and oxygen atoms in total. The lowest BCUT2D eigenvalue weighted by Crippen LogP contribution is -2.38. The number of aryl methyl sites for hydroxylation is 1. The van der Waals surface area contributed by atoms with Crippen molar-refractivity contribution < 1.29 is 28.9 Å². The van der Waals surface area contributed by atoms with Crippen LogP contribution >= 0.6 is 0 Å². The second kappa shape index (κ2) is 11.5. The second-order valence-electron chi connectivity index (χ2n) is 8.05. The molecule has 0 aliphatic heterocycles. The Morgan fingerprint density at radius 3 is 2.50 bits per heavy atom. The molecule has 2 aromatic rings. The third-order valence-corrected chi connectivity index (χ3v) is 5.25. The van der Waals surface area contributed by atoms with Crippen LogP contribution in [-0.2, 0) is 16.0 Å². The number of nitrogens with zero attached hydrogens (tertiary/aromatic N) is 1. The highest BCUT2D eigenvalue weighted by atomic mass is 16.6. The van der Waals surface area contributed by atoms with Crippen molar-refractivity contribution >= 4 is 12.1 Å². The number of carboxylic acid groups (broad SMARTS) is 1. The molecule has 3 rings (SSSR count). The number of benzene rings is 2. The first-order valence-corrected chi connectivity index (χ1v) is 11.0. The molecule has 7 heteroatoms. The SMILES string of the molecule is CCOC(Cc1ccc(OCCN(CC2CC2)C(=O)Oc2cccc(C)c2)cc1)C(=O)O. The van der Waals surface area contributed by atoms with Gasteiger partial charge in [-0.05, 0) is 68.0 Å². The Labute approximate surface area is 188 Å². The van der Waals surface area contributed by atoms with Crippen molar-refractivity contribution in [1.29, 1.82) is 0 Å². The topological polar surface area (TPSA) is 85.3 Å². The molecule has 1 fully saturated rings. The van der Waals surface area contributed by atoms with Gasteiger partial charge in [-0.3, -0.25) is 0 Å². The van der Waals surface area contributed by atoms with E-state index in [2.05, 4.69) is 0 Å². The summed E-state index contributed by atoms with van der Waals surface area (Å²) in [4.78, 5) is 25.6. The normalized spacial score (nSPS) is 13.9. The summed E-state index contributed by atoms with van der Waals surface area (Å²) in [6, 6.07) is 14.7. The number of hydrogen-bond acceptors (Lipinski definition) is 5. The fourth-order valence-corrected chi connectivity index (χ4v) is 3.34. The fraction of sp³-hybridized carbons (Fsp3) is 0.440. The molecule has 1 atom stereocenters. The Hall–Kier alpha value is -3.06. The van der Waals surface area contributed by atoms with E-state index in [0.29, 0.717) is 50.1 Å². The summed E-state index contributed by atoms with van der Waals surface area (Å²) in [7, 11) is 0. The second-order valence-corrected chi connectivity index (χ2v) is 8.05. The Morgan fingerprint density at radius 2 is 1.88 bits per heavy atom. The molecule has 1 saturated carbocycles. The summed E-state index contributed by atoms with van der Waals surface area (Å²) in [5.74, 6) is 0.766. The lowest BCUT2D eigenvalue weighted by Gasteiger charge is -2.22. The lowest BCUT2D eigenvalue weighted by molar-refractivity contribution is -0.149. The Bertz CT molecular complexity index is 894. The summed E-state index contributed by atoms with van der Waals surface area (Å²) >= 11 is 0. The van der Waals surface area contributed by atoms with E-state index in [-0.39, 0.29) is 6.09 Å². The number of carbonyl (C=O) groups is 2. The van der Waals surface area contributed by atoms with Gasteiger partial charge >= 0.3 is 12.1 Å². The van der Waals surface area contributed by atoms with Gasteiger partial charge in [0, 0.05) is 19.6 Å². The number of hydrogen-bond donors (Lipinski definition) is 1. The first-order valence-electron chi connectivity index (χ1n) is 11.0. The molecule has 32 heavy (non-hydrogen) atoms. The van der Waals surface area contributed by atoms with Crippen molar-refractivity contribution in [3.63, 3.8) is 0 Å². The van der Waals surface area contributed by atoms with Gasteiger partial charge in [0.25, 0.3) is 0 Å². The van der Waals surface area contributed by atoms with Gasteiger partial charge in [-0.2, -0.15) is 0 Å². The van der Waals surface area contributed by atoms with Crippen LogP contribution in [0, 0.1) is 12.8 Å². The molecule has 0 spiro atoms. The van der Waals surface area contributed by atoms with E-state index in [1.165, 1.54) is 0 Å². The average Bonchev–Trinajstić information content (AvgIpc) is 3.58. The Kier molecular flexibility index (Phi) is 8.50. The van der Waals surface area contributed by atoms with Crippen LogP contribution in [-0.4, -0.2) is 54.5 Å². The molecular weight excluding hydrogens is 410 g/mol. The molecule has 0 saturated heterocycles. The van der Waals surface area contributed by atoms with Gasteiger partial charge in [0.1, 0.15) is 18.1 Å². The third kappa shape index (κ3) is 7.57. The van der Waals surface area contributed by atoms with Crippen LogP contribution in [0.25, 0.3) is 0 Å². The fourth-order valence-electron chi connectivity index (χ4n) is 3.34. The van der Waals surface area contributed by atoms with E-state index >= 15 is 0 Å². The van der Waals surface area contributed by atoms with Crippen molar-refractivity contribution in [2.75, 3.05) is 26.3 Å². The lowest BCUT2D eigenvalue weighted by atomic mass is 10.1. The zero-order chi connectivity index (χ0) is 22.9. The standard InChI is InChI=1S/C25H31NO6/c1-3-30-23(24(27)28)16-19-9-11-21(12-10-19)31-14-13-26(17-20-7-8-20)25(29)32-22-6-4-5-18(2)15-22/h4-6,9-12,15,20,23H,3,7-8,13-14,16-17H2,1-2H3,(H,27,28). The van der Waals surface area contributed by atoms with Gasteiger partial charge in [0.2, 0.25) is 0 Å². The average molecular weight is 442 g/mol. The van der Waals surface area contributed by atoms with Crippen LogP contribution in [0.3, 0.4) is 0 Å². The van der Waals surface area contributed by atoms with Crippen LogP contribution < -0.4 is 9.47 Å². The zero-order valence-electron chi connectivity index (χ0n) is 18.7. The van der Waals surface area contributed by atoms with Crippen LogP contribution in [0.15, 0.2) is 48.5 Å². The minimum atomic E-state index is -0.972. The highest BCUT2D eigenvalue weighted by Gasteiger charge is 2.27. The van der Waals surface area contributed by atoms with Gasteiger partial charge in [-0.15, -0.1) is 0 Å². The van der Waals surface area contributed by atoms with Crippen LogP contribution in [0.2, 0.25) is 0 Å².